The predicted octanol–water partition coefficient (Wildman–Crippen LogP) is 2.20. The maximum atomic E-state index is 14.6. The maximum absolute atomic E-state index is 14.6. The quantitative estimate of drug-likeness (QED) is 0.191. The summed E-state index contributed by atoms with van der Waals surface area (Å²) in [6, 6.07) is -1.27. The Labute approximate surface area is 243 Å². The minimum Gasteiger partial charge on any atom is -0.465 e. The van der Waals surface area contributed by atoms with E-state index >= 15 is 0 Å². The molecule has 0 aliphatic carbocycles. The van der Waals surface area contributed by atoms with Crippen LogP contribution in [0.1, 0.15) is 40.0 Å². The Morgan fingerprint density at radius 2 is 2.00 bits per heavy atom. The Hall–Kier alpha value is -1.88. The van der Waals surface area contributed by atoms with E-state index in [1.807, 2.05) is 18.7 Å². The highest BCUT2D eigenvalue weighted by Gasteiger charge is 2.77. The third-order valence-electron chi connectivity index (χ3n) is 9.05. The lowest BCUT2D eigenvalue weighted by Gasteiger charge is -2.42. The molecule has 10 heteroatoms. The number of carbonyl (C=O) groups is 3. The van der Waals surface area contributed by atoms with E-state index in [2.05, 4.69) is 25.0 Å². The largest absolute Gasteiger partial charge is 0.465 e. The highest BCUT2D eigenvalue weighted by Crippen LogP contribution is 2.69. The van der Waals surface area contributed by atoms with Crippen LogP contribution in [-0.4, -0.2) is 119 Å². The van der Waals surface area contributed by atoms with Crippen molar-refractivity contribution in [3.63, 3.8) is 0 Å². The molecule has 4 saturated heterocycles. The Kier molecular flexibility index (Phi) is 10.4. The number of aliphatic hydroxyl groups is 1. The highest BCUT2D eigenvalue weighted by molar-refractivity contribution is 8.02. The molecule has 2 amide bonds. The third-order valence-corrected chi connectivity index (χ3v) is 11.1. The molecule has 1 N–H and O–H groups in total. The highest BCUT2D eigenvalue weighted by atomic mass is 32.2. The summed E-state index contributed by atoms with van der Waals surface area (Å²) >= 11 is 1.64. The van der Waals surface area contributed by atoms with Crippen LogP contribution >= 0.6 is 11.8 Å². The van der Waals surface area contributed by atoms with Crippen molar-refractivity contribution in [2.24, 2.45) is 23.7 Å². The summed E-state index contributed by atoms with van der Waals surface area (Å²) in [5.74, 6) is -1.66. The van der Waals surface area contributed by atoms with E-state index in [9.17, 15) is 19.5 Å². The number of hydrogen-bond acceptors (Lipinski definition) is 8. The first-order valence-electron chi connectivity index (χ1n) is 14.8. The number of morpholine rings is 1. The summed E-state index contributed by atoms with van der Waals surface area (Å²) in [6.45, 7) is 18.4. The number of fused-ring (bicyclic) bond motifs is 1. The van der Waals surface area contributed by atoms with Crippen LogP contribution in [0.15, 0.2) is 25.3 Å². The SMILES string of the molecule is C=CCCOC(=O)[C@@H]1[C@@H]2CC(C)C3(S2)C(C(=O)N(CC=C)CCN2CCOCC2)N([C@@H](CO)CC(C)C)C(=O)[C@H]13. The van der Waals surface area contributed by atoms with Crippen LogP contribution in [-0.2, 0) is 23.9 Å². The molecule has 4 heterocycles. The number of likely N-dealkylation sites (tertiary alicyclic amines) is 1. The van der Waals surface area contributed by atoms with Crippen molar-refractivity contribution < 1.29 is 29.0 Å². The number of aliphatic hydroxyl groups excluding tert-OH is 1. The monoisotopic (exact) mass is 577 g/mol. The van der Waals surface area contributed by atoms with Crippen LogP contribution in [0.4, 0.5) is 0 Å². The normalized spacial score (nSPS) is 32.3. The van der Waals surface area contributed by atoms with Gasteiger partial charge in [-0.1, -0.05) is 32.9 Å². The molecule has 7 atom stereocenters. The zero-order valence-corrected chi connectivity index (χ0v) is 25.2. The van der Waals surface area contributed by atoms with E-state index in [4.69, 9.17) is 9.47 Å². The van der Waals surface area contributed by atoms with E-state index in [0.717, 1.165) is 19.5 Å². The maximum Gasteiger partial charge on any atom is 0.310 e. The van der Waals surface area contributed by atoms with Gasteiger partial charge in [-0.15, -0.1) is 24.9 Å². The summed E-state index contributed by atoms with van der Waals surface area (Å²) in [6.07, 6.45) is 5.29. The molecule has 9 nitrogen and oxygen atoms in total. The molecule has 1 spiro atoms. The fourth-order valence-electron chi connectivity index (χ4n) is 7.27. The molecule has 0 saturated carbocycles. The summed E-state index contributed by atoms with van der Waals surface area (Å²) < 4.78 is 10.3. The number of esters is 1. The zero-order valence-electron chi connectivity index (χ0n) is 24.3. The number of carbonyl (C=O) groups excluding carboxylic acids is 3. The topological polar surface area (TPSA) is 99.6 Å². The Morgan fingerprint density at radius 3 is 2.62 bits per heavy atom. The molecule has 224 valence electrons. The molecule has 4 aliphatic heterocycles. The second kappa shape index (κ2) is 13.4. The van der Waals surface area contributed by atoms with E-state index in [1.54, 1.807) is 28.8 Å². The van der Waals surface area contributed by atoms with Crippen LogP contribution in [0, 0.1) is 23.7 Å². The van der Waals surface area contributed by atoms with E-state index in [0.29, 0.717) is 45.7 Å². The van der Waals surface area contributed by atoms with Gasteiger partial charge in [0.1, 0.15) is 6.04 Å². The van der Waals surface area contributed by atoms with Crippen molar-refractivity contribution in [2.45, 2.75) is 62.1 Å². The van der Waals surface area contributed by atoms with Crippen molar-refractivity contribution in [1.82, 2.24) is 14.7 Å². The lowest BCUT2D eigenvalue weighted by Crippen LogP contribution is -2.60. The lowest BCUT2D eigenvalue weighted by molar-refractivity contribution is -0.155. The van der Waals surface area contributed by atoms with Gasteiger partial charge in [0.05, 0.1) is 49.1 Å². The number of rotatable bonds is 14. The minimum atomic E-state index is -0.762. The second-order valence-corrected chi connectivity index (χ2v) is 13.6. The summed E-state index contributed by atoms with van der Waals surface area (Å²) in [4.78, 5) is 48.2. The summed E-state index contributed by atoms with van der Waals surface area (Å²) in [5, 5.41) is 10.4. The van der Waals surface area contributed by atoms with Gasteiger partial charge in [-0.3, -0.25) is 19.3 Å². The van der Waals surface area contributed by atoms with Crippen molar-refractivity contribution in [1.29, 1.82) is 0 Å². The standard InChI is InChI=1S/C30H47N3O6S/c1-6-8-14-39-29(37)24-23-18-21(5)30(40-23)25(24)27(35)33(22(19-34)17-20(3)4)26(30)28(36)32(9-7-2)11-10-31-12-15-38-16-13-31/h6-7,20-26,34H,1-2,8-19H2,3-5H3/t21?,22-,23+,24-,25+,26?,30?/m1/s1. The summed E-state index contributed by atoms with van der Waals surface area (Å²) in [7, 11) is 0. The second-order valence-electron chi connectivity index (χ2n) is 12.0. The van der Waals surface area contributed by atoms with Crippen LogP contribution in [0.3, 0.4) is 0 Å². The molecule has 4 fully saturated rings. The first kappa shape index (κ1) is 31.1. The van der Waals surface area contributed by atoms with Crippen molar-refractivity contribution in [3.8, 4) is 0 Å². The smallest absolute Gasteiger partial charge is 0.310 e. The van der Waals surface area contributed by atoms with Crippen molar-refractivity contribution >= 4 is 29.5 Å². The fraction of sp³-hybridized carbons (Fsp3) is 0.767. The first-order chi connectivity index (χ1) is 19.2. The van der Waals surface area contributed by atoms with Crippen molar-refractivity contribution in [2.75, 3.05) is 59.2 Å². The number of hydrogen-bond donors (Lipinski definition) is 1. The first-order valence-corrected chi connectivity index (χ1v) is 15.7. The lowest BCUT2D eigenvalue weighted by atomic mass is 9.66. The van der Waals surface area contributed by atoms with Crippen LogP contribution < -0.4 is 0 Å². The van der Waals surface area contributed by atoms with Gasteiger partial charge in [0, 0.05) is 38.0 Å². The van der Waals surface area contributed by atoms with E-state index in [-0.39, 0.29) is 48.1 Å². The molecule has 0 aromatic carbocycles. The average molecular weight is 578 g/mol. The molecule has 2 bridgehead atoms. The van der Waals surface area contributed by atoms with E-state index < -0.39 is 28.7 Å². The molecule has 40 heavy (non-hydrogen) atoms. The number of amides is 2. The van der Waals surface area contributed by atoms with Crippen LogP contribution in [0.2, 0.25) is 0 Å². The predicted molar refractivity (Wildman–Crippen MR) is 156 cm³/mol. The minimum absolute atomic E-state index is 0.0517. The molecule has 0 radical (unpaired) electrons. The zero-order chi connectivity index (χ0) is 29.0. The van der Waals surface area contributed by atoms with Gasteiger partial charge in [0.15, 0.2) is 0 Å². The number of thioether (sulfide) groups is 1. The Bertz CT molecular complexity index is 956. The van der Waals surface area contributed by atoms with Gasteiger partial charge >= 0.3 is 5.97 Å². The van der Waals surface area contributed by atoms with Gasteiger partial charge in [-0.2, -0.15) is 0 Å². The molecule has 0 aromatic rings. The van der Waals surface area contributed by atoms with Gasteiger partial charge < -0.3 is 24.4 Å². The molecule has 4 rings (SSSR count). The van der Waals surface area contributed by atoms with Crippen LogP contribution in [0.5, 0.6) is 0 Å². The van der Waals surface area contributed by atoms with Gasteiger partial charge in [-0.05, 0) is 31.1 Å². The number of ether oxygens (including phenoxy) is 2. The molecule has 3 unspecified atom stereocenters. The molecule has 0 aromatic heterocycles. The van der Waals surface area contributed by atoms with E-state index in [1.165, 1.54) is 0 Å². The molecular formula is C30H47N3O6S. The Balaban J connectivity index is 1.70. The molecular weight excluding hydrogens is 530 g/mol. The van der Waals surface area contributed by atoms with Gasteiger partial charge in [-0.25, -0.2) is 0 Å². The van der Waals surface area contributed by atoms with Crippen molar-refractivity contribution in [3.05, 3.63) is 25.3 Å². The van der Waals surface area contributed by atoms with Gasteiger partial charge in [0.25, 0.3) is 0 Å². The number of nitrogens with zero attached hydrogens (tertiary/aromatic N) is 3. The molecule has 4 aliphatic rings. The summed E-state index contributed by atoms with van der Waals surface area (Å²) in [5.41, 5.74) is 0. The Morgan fingerprint density at radius 1 is 1.27 bits per heavy atom. The third kappa shape index (κ3) is 5.74. The fourth-order valence-corrected chi connectivity index (χ4v) is 9.66. The van der Waals surface area contributed by atoms with Gasteiger partial charge in [0.2, 0.25) is 11.8 Å². The van der Waals surface area contributed by atoms with Crippen LogP contribution in [0.25, 0.3) is 0 Å². The average Bonchev–Trinajstić information content (AvgIpc) is 3.53.